The molecule has 0 atom stereocenters. The number of rotatable bonds is 10. The molecule has 2 aliphatic rings. The molecule has 2 fully saturated rings. The molecule has 2 saturated heterocycles. The summed E-state index contributed by atoms with van der Waals surface area (Å²) in [6.07, 6.45) is 5.25. The minimum Gasteiger partial charge on any atom is -0.437 e. The van der Waals surface area contributed by atoms with Gasteiger partial charge in [0.15, 0.2) is 0 Å². The smallest absolute Gasteiger partial charge is 0.247 e. The highest BCUT2D eigenvalue weighted by molar-refractivity contribution is 7.89. The van der Waals surface area contributed by atoms with Gasteiger partial charge < -0.3 is 9.47 Å². The van der Waals surface area contributed by atoms with Gasteiger partial charge in [0.25, 0.3) is 0 Å². The normalized spacial score (nSPS) is 17.0. The third kappa shape index (κ3) is 7.71. The summed E-state index contributed by atoms with van der Waals surface area (Å²) in [5.74, 6) is 1.80. The van der Waals surface area contributed by atoms with Gasteiger partial charge in [-0.1, -0.05) is 12.1 Å². The Hall–Kier alpha value is -3.93. The van der Waals surface area contributed by atoms with E-state index in [1.807, 2.05) is 43.6 Å². The lowest BCUT2D eigenvalue weighted by Gasteiger charge is -2.30. The maximum absolute atomic E-state index is 12.8. The molecule has 2 aliphatic heterocycles. The van der Waals surface area contributed by atoms with Gasteiger partial charge in [-0.25, -0.2) is 23.5 Å². The molecule has 6 rings (SSSR count). The lowest BCUT2D eigenvalue weighted by Crippen LogP contribution is -2.38. The first-order valence-electron chi connectivity index (χ1n) is 15.4. The predicted molar refractivity (Wildman–Crippen MR) is 179 cm³/mol. The van der Waals surface area contributed by atoms with Gasteiger partial charge in [0.2, 0.25) is 21.9 Å². The van der Waals surface area contributed by atoms with Crippen molar-refractivity contribution >= 4 is 43.7 Å². The van der Waals surface area contributed by atoms with Crippen LogP contribution >= 0.6 is 11.3 Å². The Morgan fingerprint density at radius 3 is 2.50 bits per heavy atom. The van der Waals surface area contributed by atoms with Crippen LogP contribution in [-0.2, 0) is 21.3 Å². The SMILES string of the molecule is Cc1cc(C#N)cc(C)c1Oc1nc(N/N=C/C2CCN(Cc3ccc(S(=O)(=O)NC4CCOCC4)cc3)CC2)nc2ccsc12. The lowest BCUT2D eigenvalue weighted by atomic mass is 9.98. The van der Waals surface area contributed by atoms with E-state index >= 15 is 0 Å². The Balaban J connectivity index is 1.02. The quantitative estimate of drug-likeness (QED) is 0.161. The van der Waals surface area contributed by atoms with E-state index in [2.05, 4.69) is 36.2 Å². The van der Waals surface area contributed by atoms with Crippen LogP contribution in [-0.4, -0.2) is 61.8 Å². The topological polar surface area (TPSA) is 142 Å². The summed E-state index contributed by atoms with van der Waals surface area (Å²) in [6.45, 7) is 7.61. The summed E-state index contributed by atoms with van der Waals surface area (Å²) in [4.78, 5) is 11.9. The van der Waals surface area contributed by atoms with E-state index in [9.17, 15) is 13.7 Å². The molecule has 11 nitrogen and oxygen atoms in total. The van der Waals surface area contributed by atoms with Crippen molar-refractivity contribution in [1.82, 2.24) is 19.6 Å². The van der Waals surface area contributed by atoms with Gasteiger partial charge in [-0.15, -0.1) is 11.3 Å². The van der Waals surface area contributed by atoms with Crippen molar-refractivity contribution in [3.05, 3.63) is 70.1 Å². The second-order valence-electron chi connectivity index (χ2n) is 11.8. The van der Waals surface area contributed by atoms with Crippen LogP contribution in [0.15, 0.2) is 57.8 Å². The Morgan fingerprint density at radius 2 is 1.80 bits per heavy atom. The van der Waals surface area contributed by atoms with Gasteiger partial charge in [0.05, 0.1) is 22.0 Å². The third-order valence-electron chi connectivity index (χ3n) is 8.33. The average Bonchev–Trinajstić information content (AvgIpc) is 3.53. The van der Waals surface area contributed by atoms with E-state index in [0.29, 0.717) is 60.0 Å². The number of likely N-dealkylation sites (tertiary alicyclic amines) is 1. The second-order valence-corrected chi connectivity index (χ2v) is 14.4. The molecule has 0 amide bonds. The second kappa shape index (κ2) is 14.2. The van der Waals surface area contributed by atoms with Crippen LogP contribution in [0.2, 0.25) is 0 Å². The number of piperidine rings is 1. The van der Waals surface area contributed by atoms with Crippen molar-refractivity contribution < 1.29 is 17.9 Å². The largest absolute Gasteiger partial charge is 0.437 e. The molecule has 2 aromatic heterocycles. The van der Waals surface area contributed by atoms with E-state index in [1.54, 1.807) is 24.3 Å². The standard InChI is InChI=1S/C33H37N7O4S2/c1-22-17-26(19-34)18-23(2)30(22)44-32-31-29(11-16-45-31)36-33(37-32)38-35-20-24-7-12-40(13-8-24)21-25-3-5-28(6-4-25)46(41,42)39-27-9-14-43-15-10-27/h3-6,11,16-18,20,24,27,39H,7-10,12-15,21H2,1-2H3,(H,36,37,38)/b35-20+. The van der Waals surface area contributed by atoms with Crippen LogP contribution in [0.25, 0.3) is 10.2 Å². The predicted octanol–water partition coefficient (Wildman–Crippen LogP) is 5.74. The van der Waals surface area contributed by atoms with Crippen LogP contribution in [0, 0.1) is 31.1 Å². The molecule has 0 aliphatic carbocycles. The van der Waals surface area contributed by atoms with Gasteiger partial charge in [0, 0.05) is 32.0 Å². The van der Waals surface area contributed by atoms with Crippen LogP contribution in [0.1, 0.15) is 47.9 Å². The molecular weight excluding hydrogens is 623 g/mol. The molecular formula is C33H37N7O4S2. The first-order valence-corrected chi connectivity index (χ1v) is 17.8. The van der Waals surface area contributed by atoms with Crippen molar-refractivity contribution in [3.8, 4) is 17.7 Å². The van der Waals surface area contributed by atoms with Crippen LogP contribution < -0.4 is 14.9 Å². The molecule has 13 heteroatoms. The molecule has 0 saturated carbocycles. The fourth-order valence-corrected chi connectivity index (χ4v) is 7.88. The monoisotopic (exact) mass is 659 g/mol. The van der Waals surface area contributed by atoms with Crippen molar-refractivity contribution in [1.29, 1.82) is 5.26 Å². The number of nitrogens with one attached hydrogen (secondary N) is 2. The number of nitrogens with zero attached hydrogens (tertiary/aromatic N) is 5. The number of aromatic nitrogens is 2. The summed E-state index contributed by atoms with van der Waals surface area (Å²) in [5.41, 5.74) is 7.17. The zero-order chi connectivity index (χ0) is 32.1. The van der Waals surface area contributed by atoms with Crippen LogP contribution in [0.5, 0.6) is 11.6 Å². The van der Waals surface area contributed by atoms with Gasteiger partial charge >= 0.3 is 0 Å². The molecule has 2 aromatic carbocycles. The Bertz CT molecular complexity index is 1830. The van der Waals surface area contributed by atoms with Gasteiger partial charge in [-0.2, -0.15) is 15.3 Å². The summed E-state index contributed by atoms with van der Waals surface area (Å²) in [5, 5.41) is 15.7. The Morgan fingerprint density at radius 1 is 1.09 bits per heavy atom. The third-order valence-corrected chi connectivity index (χ3v) is 10.8. The zero-order valence-corrected chi connectivity index (χ0v) is 27.5. The number of hydrogen-bond acceptors (Lipinski definition) is 11. The number of hydrazone groups is 1. The lowest BCUT2D eigenvalue weighted by molar-refractivity contribution is 0.0832. The van der Waals surface area contributed by atoms with Crippen molar-refractivity contribution in [2.45, 2.75) is 57.0 Å². The maximum Gasteiger partial charge on any atom is 0.247 e. The van der Waals surface area contributed by atoms with E-state index in [1.165, 1.54) is 11.3 Å². The molecule has 46 heavy (non-hydrogen) atoms. The summed E-state index contributed by atoms with van der Waals surface area (Å²) in [6, 6.07) is 14.8. The molecule has 2 N–H and O–H groups in total. The zero-order valence-electron chi connectivity index (χ0n) is 25.9. The molecule has 240 valence electrons. The first-order chi connectivity index (χ1) is 22.3. The van der Waals surface area contributed by atoms with E-state index < -0.39 is 10.0 Å². The van der Waals surface area contributed by atoms with E-state index in [0.717, 1.165) is 59.4 Å². The highest BCUT2D eigenvalue weighted by Crippen LogP contribution is 2.35. The maximum atomic E-state index is 12.8. The van der Waals surface area contributed by atoms with Crippen molar-refractivity contribution in [3.63, 3.8) is 0 Å². The minimum absolute atomic E-state index is 0.0733. The highest BCUT2D eigenvalue weighted by atomic mass is 32.2. The molecule has 0 spiro atoms. The molecule has 4 aromatic rings. The fourth-order valence-electron chi connectivity index (χ4n) is 5.82. The number of nitriles is 1. The van der Waals surface area contributed by atoms with Crippen LogP contribution in [0.4, 0.5) is 5.95 Å². The highest BCUT2D eigenvalue weighted by Gasteiger charge is 2.23. The summed E-state index contributed by atoms with van der Waals surface area (Å²) < 4.78 is 40.8. The first kappa shape index (κ1) is 32.0. The number of benzene rings is 2. The van der Waals surface area contributed by atoms with Gasteiger partial charge in [-0.3, -0.25) is 4.90 Å². The molecule has 4 heterocycles. The minimum atomic E-state index is -3.54. The number of sulfonamides is 1. The van der Waals surface area contributed by atoms with Gasteiger partial charge in [-0.05, 0) is 111 Å². The van der Waals surface area contributed by atoms with E-state index in [-0.39, 0.29) is 6.04 Å². The molecule has 0 unspecified atom stereocenters. The molecule has 0 bridgehead atoms. The van der Waals surface area contributed by atoms with Crippen molar-refractivity contribution in [2.24, 2.45) is 11.0 Å². The van der Waals surface area contributed by atoms with Gasteiger partial charge in [0.1, 0.15) is 10.4 Å². The Labute approximate surface area is 273 Å². The average molecular weight is 660 g/mol. The number of fused-ring (bicyclic) bond motifs is 1. The molecule has 0 radical (unpaired) electrons. The summed E-state index contributed by atoms with van der Waals surface area (Å²) in [7, 11) is -3.54. The number of anilines is 1. The summed E-state index contributed by atoms with van der Waals surface area (Å²) >= 11 is 1.51. The number of ether oxygens (including phenoxy) is 2. The Kier molecular flexibility index (Phi) is 9.91. The van der Waals surface area contributed by atoms with E-state index in [4.69, 9.17) is 9.47 Å². The van der Waals surface area contributed by atoms with Crippen molar-refractivity contribution in [2.75, 3.05) is 31.7 Å². The number of thiophene rings is 1. The number of aryl methyl sites for hydroxylation is 2. The fraction of sp³-hybridized carbons (Fsp3) is 0.394. The number of hydrogen-bond donors (Lipinski definition) is 2. The van der Waals surface area contributed by atoms with Crippen LogP contribution in [0.3, 0.4) is 0 Å².